The number of rotatable bonds is 13. The zero-order chi connectivity index (χ0) is 17.0. The molecule has 22 heavy (non-hydrogen) atoms. The van der Waals surface area contributed by atoms with Gasteiger partial charge in [-0.25, -0.2) is 0 Å². The minimum absolute atomic E-state index is 0.0285. The van der Waals surface area contributed by atoms with Gasteiger partial charge in [0, 0.05) is 25.2 Å². The number of nitrogens with one attached hydrogen (secondary N) is 1. The molecule has 0 spiro atoms. The van der Waals surface area contributed by atoms with E-state index in [1.165, 1.54) is 6.42 Å². The van der Waals surface area contributed by atoms with E-state index in [0.29, 0.717) is 19.8 Å². The summed E-state index contributed by atoms with van der Waals surface area (Å²) in [6.07, 6.45) is 3.16. The SMILES string of the molecule is CC(C)CCCOCC(C)(C)COCCCNC(=O)C(C)S. The zero-order valence-corrected chi connectivity index (χ0v) is 15.9. The van der Waals surface area contributed by atoms with Crippen LogP contribution < -0.4 is 5.32 Å². The van der Waals surface area contributed by atoms with Crippen LogP contribution in [0.2, 0.25) is 0 Å². The molecule has 0 radical (unpaired) electrons. The lowest BCUT2D eigenvalue weighted by Crippen LogP contribution is -2.31. The molecule has 0 saturated carbocycles. The number of amides is 1. The van der Waals surface area contributed by atoms with Crippen molar-refractivity contribution in [3.63, 3.8) is 0 Å². The summed E-state index contributed by atoms with van der Waals surface area (Å²) in [6, 6.07) is 0. The Hall–Kier alpha value is -0.260. The van der Waals surface area contributed by atoms with Crippen molar-refractivity contribution in [2.24, 2.45) is 11.3 Å². The summed E-state index contributed by atoms with van der Waals surface area (Å²) in [7, 11) is 0. The molecule has 0 aromatic rings. The van der Waals surface area contributed by atoms with Gasteiger partial charge in [-0.1, -0.05) is 27.7 Å². The van der Waals surface area contributed by atoms with E-state index in [-0.39, 0.29) is 16.6 Å². The van der Waals surface area contributed by atoms with E-state index < -0.39 is 0 Å². The van der Waals surface area contributed by atoms with Crippen LogP contribution in [-0.4, -0.2) is 44.1 Å². The van der Waals surface area contributed by atoms with Gasteiger partial charge in [-0.2, -0.15) is 12.6 Å². The van der Waals surface area contributed by atoms with E-state index in [0.717, 1.165) is 32.0 Å². The Morgan fingerprint density at radius 3 is 2.14 bits per heavy atom. The highest BCUT2D eigenvalue weighted by atomic mass is 32.1. The van der Waals surface area contributed by atoms with Crippen LogP contribution in [0.1, 0.15) is 53.9 Å². The van der Waals surface area contributed by atoms with Crippen LogP contribution in [0.4, 0.5) is 0 Å². The molecule has 0 bridgehead atoms. The van der Waals surface area contributed by atoms with Crippen molar-refractivity contribution >= 4 is 18.5 Å². The highest BCUT2D eigenvalue weighted by Gasteiger charge is 2.18. The first-order valence-electron chi connectivity index (χ1n) is 8.36. The van der Waals surface area contributed by atoms with Gasteiger partial charge in [0.2, 0.25) is 5.91 Å². The quantitative estimate of drug-likeness (QED) is 0.401. The molecule has 5 heteroatoms. The third-order valence-corrected chi connectivity index (χ3v) is 3.43. The average Bonchev–Trinajstić information content (AvgIpc) is 2.41. The van der Waals surface area contributed by atoms with E-state index in [4.69, 9.17) is 9.47 Å². The van der Waals surface area contributed by atoms with Crippen LogP contribution >= 0.6 is 12.6 Å². The van der Waals surface area contributed by atoms with Crippen molar-refractivity contribution in [1.29, 1.82) is 0 Å². The minimum Gasteiger partial charge on any atom is -0.381 e. The molecule has 0 heterocycles. The molecular formula is C17H35NO3S. The van der Waals surface area contributed by atoms with Crippen molar-refractivity contribution in [3.8, 4) is 0 Å². The molecule has 0 aromatic carbocycles. The van der Waals surface area contributed by atoms with Gasteiger partial charge >= 0.3 is 0 Å². The number of carbonyl (C=O) groups excluding carboxylic acids is 1. The molecule has 1 N–H and O–H groups in total. The molecule has 1 unspecified atom stereocenters. The van der Waals surface area contributed by atoms with Crippen LogP contribution in [0.15, 0.2) is 0 Å². The molecule has 0 aromatic heterocycles. The standard InChI is InChI=1S/C17H35NO3S/c1-14(2)8-6-10-20-12-17(4,5)13-21-11-7-9-18-16(19)15(3)22/h14-15,22H,6-13H2,1-5H3,(H,18,19). The first kappa shape index (κ1) is 21.7. The highest BCUT2D eigenvalue weighted by Crippen LogP contribution is 2.16. The Bertz CT molecular complexity index is 294. The number of hydrogen-bond donors (Lipinski definition) is 2. The van der Waals surface area contributed by atoms with Crippen molar-refractivity contribution in [3.05, 3.63) is 0 Å². The maximum absolute atomic E-state index is 11.3. The fourth-order valence-electron chi connectivity index (χ4n) is 1.87. The van der Waals surface area contributed by atoms with E-state index >= 15 is 0 Å². The third-order valence-electron chi connectivity index (χ3n) is 3.20. The zero-order valence-electron chi connectivity index (χ0n) is 15.0. The highest BCUT2D eigenvalue weighted by molar-refractivity contribution is 7.81. The van der Waals surface area contributed by atoms with Crippen LogP contribution in [0.3, 0.4) is 0 Å². The number of thiol groups is 1. The summed E-state index contributed by atoms with van der Waals surface area (Å²) in [5.74, 6) is 0.712. The number of hydrogen-bond acceptors (Lipinski definition) is 4. The molecule has 0 aliphatic carbocycles. The van der Waals surface area contributed by atoms with Gasteiger partial charge < -0.3 is 14.8 Å². The van der Waals surface area contributed by atoms with Crippen molar-refractivity contribution in [1.82, 2.24) is 5.32 Å². The van der Waals surface area contributed by atoms with Crippen LogP contribution in [0, 0.1) is 11.3 Å². The minimum atomic E-state index is -0.257. The van der Waals surface area contributed by atoms with Gasteiger partial charge in [0.05, 0.1) is 18.5 Å². The molecule has 132 valence electrons. The molecule has 1 amide bonds. The third kappa shape index (κ3) is 13.4. The maximum atomic E-state index is 11.3. The molecule has 1 atom stereocenters. The predicted octanol–water partition coefficient (Wildman–Crippen LogP) is 3.31. The summed E-state index contributed by atoms with van der Waals surface area (Å²) < 4.78 is 11.4. The van der Waals surface area contributed by atoms with Gasteiger partial charge in [-0.15, -0.1) is 0 Å². The van der Waals surface area contributed by atoms with Gasteiger partial charge in [-0.05, 0) is 32.1 Å². The first-order chi connectivity index (χ1) is 10.2. The normalized spacial score (nSPS) is 13.4. The summed E-state index contributed by atoms with van der Waals surface area (Å²) in [5.41, 5.74) is 0.0285. The summed E-state index contributed by atoms with van der Waals surface area (Å²) in [5, 5.41) is 2.56. The average molecular weight is 334 g/mol. The second-order valence-electron chi connectivity index (χ2n) is 7.13. The van der Waals surface area contributed by atoms with Crippen molar-refractivity contribution < 1.29 is 14.3 Å². The Balaban J connectivity index is 3.53. The van der Waals surface area contributed by atoms with Crippen molar-refractivity contribution in [2.45, 2.75) is 59.1 Å². The second kappa shape index (κ2) is 12.2. The van der Waals surface area contributed by atoms with E-state index in [2.05, 4.69) is 45.6 Å². The molecule has 0 aliphatic heterocycles. The van der Waals surface area contributed by atoms with E-state index in [1.54, 1.807) is 6.92 Å². The largest absolute Gasteiger partial charge is 0.381 e. The molecular weight excluding hydrogens is 298 g/mol. The first-order valence-corrected chi connectivity index (χ1v) is 8.87. The Kier molecular flexibility index (Phi) is 12.1. The van der Waals surface area contributed by atoms with Crippen LogP contribution in [0.25, 0.3) is 0 Å². The lowest BCUT2D eigenvalue weighted by atomic mass is 9.96. The molecule has 0 saturated heterocycles. The lowest BCUT2D eigenvalue weighted by Gasteiger charge is -2.24. The topological polar surface area (TPSA) is 47.6 Å². The molecule has 0 aliphatic rings. The Labute approximate surface area is 142 Å². The van der Waals surface area contributed by atoms with Gasteiger partial charge in [0.1, 0.15) is 0 Å². The molecule has 4 nitrogen and oxygen atoms in total. The van der Waals surface area contributed by atoms with Crippen LogP contribution in [0.5, 0.6) is 0 Å². The van der Waals surface area contributed by atoms with Crippen LogP contribution in [-0.2, 0) is 14.3 Å². The second-order valence-corrected chi connectivity index (χ2v) is 7.90. The maximum Gasteiger partial charge on any atom is 0.232 e. The predicted molar refractivity (Wildman–Crippen MR) is 95.6 cm³/mol. The smallest absolute Gasteiger partial charge is 0.232 e. The van der Waals surface area contributed by atoms with Crippen molar-refractivity contribution in [2.75, 3.05) is 33.0 Å². The fraction of sp³-hybridized carbons (Fsp3) is 0.941. The summed E-state index contributed by atoms with van der Waals surface area (Å²) in [6.45, 7) is 14.0. The van der Waals surface area contributed by atoms with Gasteiger partial charge in [-0.3, -0.25) is 4.79 Å². The number of carbonyl (C=O) groups is 1. The lowest BCUT2D eigenvalue weighted by molar-refractivity contribution is -0.120. The molecule has 0 rings (SSSR count). The Morgan fingerprint density at radius 1 is 1.09 bits per heavy atom. The summed E-state index contributed by atoms with van der Waals surface area (Å²) >= 11 is 4.08. The number of ether oxygens (including phenoxy) is 2. The van der Waals surface area contributed by atoms with Gasteiger partial charge in [0.25, 0.3) is 0 Å². The molecule has 0 fully saturated rings. The van der Waals surface area contributed by atoms with E-state index in [1.807, 2.05) is 0 Å². The van der Waals surface area contributed by atoms with Gasteiger partial charge in [0.15, 0.2) is 0 Å². The fourth-order valence-corrected chi connectivity index (χ4v) is 1.96. The van der Waals surface area contributed by atoms with E-state index in [9.17, 15) is 4.79 Å². The summed E-state index contributed by atoms with van der Waals surface area (Å²) in [4.78, 5) is 11.3. The Morgan fingerprint density at radius 2 is 1.64 bits per heavy atom. The monoisotopic (exact) mass is 333 g/mol.